The molecule has 116 valence electrons. The van der Waals surface area contributed by atoms with E-state index in [0.29, 0.717) is 11.5 Å². The first kappa shape index (κ1) is 16.4. The van der Waals surface area contributed by atoms with Crippen molar-refractivity contribution in [3.63, 3.8) is 0 Å². The standard InChI is InChI=1S/C16H19BrN4O/c1-3-4-11-21(2)16(22)14-9-10-15(20-19-14)18-13-7-5-12(17)6-8-13/h5-10H,3-4,11H2,1-2H3,(H,18,20). The van der Waals surface area contributed by atoms with Gasteiger partial charge in [0.2, 0.25) is 0 Å². The number of carbonyl (C=O) groups is 1. The third kappa shape index (κ3) is 4.53. The number of hydrogen-bond donors (Lipinski definition) is 1. The summed E-state index contributed by atoms with van der Waals surface area (Å²) in [6.07, 6.45) is 2.04. The number of amides is 1. The number of nitrogens with zero attached hydrogens (tertiary/aromatic N) is 3. The molecule has 0 atom stereocenters. The van der Waals surface area contributed by atoms with Gasteiger partial charge in [0.1, 0.15) is 0 Å². The van der Waals surface area contributed by atoms with Gasteiger partial charge in [0, 0.05) is 23.8 Å². The Morgan fingerprint density at radius 2 is 1.91 bits per heavy atom. The minimum absolute atomic E-state index is 0.101. The number of carbonyl (C=O) groups excluding carboxylic acids is 1. The molecule has 5 nitrogen and oxygen atoms in total. The number of halogens is 1. The highest BCUT2D eigenvalue weighted by Gasteiger charge is 2.13. The highest BCUT2D eigenvalue weighted by Crippen LogP contribution is 2.17. The zero-order chi connectivity index (χ0) is 15.9. The van der Waals surface area contributed by atoms with Gasteiger partial charge in [-0.1, -0.05) is 29.3 Å². The molecule has 0 aliphatic rings. The Bertz CT molecular complexity index is 613. The Balaban J connectivity index is 2.00. The van der Waals surface area contributed by atoms with Gasteiger partial charge in [0.25, 0.3) is 5.91 Å². The van der Waals surface area contributed by atoms with Crippen LogP contribution in [0.4, 0.5) is 11.5 Å². The van der Waals surface area contributed by atoms with Crippen LogP contribution in [0.2, 0.25) is 0 Å². The number of unbranched alkanes of at least 4 members (excludes halogenated alkanes) is 1. The van der Waals surface area contributed by atoms with E-state index >= 15 is 0 Å². The smallest absolute Gasteiger partial charge is 0.274 e. The summed E-state index contributed by atoms with van der Waals surface area (Å²) in [6.45, 7) is 2.83. The molecule has 2 rings (SSSR count). The van der Waals surface area contributed by atoms with E-state index in [1.807, 2.05) is 24.3 Å². The zero-order valence-electron chi connectivity index (χ0n) is 12.7. The van der Waals surface area contributed by atoms with Gasteiger partial charge in [-0.05, 0) is 42.8 Å². The molecule has 6 heteroatoms. The Morgan fingerprint density at radius 3 is 2.50 bits per heavy atom. The van der Waals surface area contributed by atoms with E-state index in [0.717, 1.165) is 29.5 Å². The summed E-state index contributed by atoms with van der Waals surface area (Å²) in [5.41, 5.74) is 1.27. The molecule has 1 amide bonds. The third-order valence-electron chi connectivity index (χ3n) is 3.19. The summed E-state index contributed by atoms with van der Waals surface area (Å²) in [6, 6.07) is 11.2. The minimum Gasteiger partial charge on any atom is -0.340 e. The first-order valence-electron chi connectivity index (χ1n) is 7.22. The number of aromatic nitrogens is 2. The van der Waals surface area contributed by atoms with Gasteiger partial charge < -0.3 is 10.2 Å². The van der Waals surface area contributed by atoms with Crippen molar-refractivity contribution in [1.29, 1.82) is 0 Å². The van der Waals surface area contributed by atoms with E-state index in [-0.39, 0.29) is 5.91 Å². The maximum Gasteiger partial charge on any atom is 0.274 e. The molecule has 1 heterocycles. The van der Waals surface area contributed by atoms with Crippen LogP contribution in [0.3, 0.4) is 0 Å². The molecule has 1 aromatic carbocycles. The minimum atomic E-state index is -0.101. The lowest BCUT2D eigenvalue weighted by atomic mass is 10.3. The molecule has 0 spiro atoms. The second-order valence-corrected chi connectivity index (χ2v) is 5.93. The number of anilines is 2. The number of rotatable bonds is 6. The lowest BCUT2D eigenvalue weighted by Gasteiger charge is -2.15. The molecular weight excluding hydrogens is 344 g/mol. The quantitative estimate of drug-likeness (QED) is 0.847. The molecule has 0 bridgehead atoms. The molecular formula is C16H19BrN4O. The molecule has 22 heavy (non-hydrogen) atoms. The number of benzene rings is 1. The average molecular weight is 363 g/mol. The predicted octanol–water partition coefficient (Wildman–Crippen LogP) is 3.85. The van der Waals surface area contributed by atoms with Gasteiger partial charge in [-0.25, -0.2) is 0 Å². The van der Waals surface area contributed by atoms with Crippen molar-refractivity contribution in [3.8, 4) is 0 Å². The normalized spacial score (nSPS) is 10.3. The Labute approximate surface area is 138 Å². The van der Waals surface area contributed by atoms with Gasteiger partial charge in [-0.15, -0.1) is 10.2 Å². The molecule has 1 aromatic heterocycles. The van der Waals surface area contributed by atoms with Gasteiger partial charge in [-0.2, -0.15) is 0 Å². The van der Waals surface area contributed by atoms with Crippen molar-refractivity contribution >= 4 is 33.3 Å². The van der Waals surface area contributed by atoms with Gasteiger partial charge in [0.05, 0.1) is 0 Å². The second kappa shape index (κ2) is 7.89. The molecule has 0 aliphatic heterocycles. The molecule has 2 aromatic rings. The third-order valence-corrected chi connectivity index (χ3v) is 3.72. The van der Waals surface area contributed by atoms with E-state index in [1.54, 1.807) is 24.1 Å². The van der Waals surface area contributed by atoms with Gasteiger partial charge >= 0.3 is 0 Å². The zero-order valence-corrected chi connectivity index (χ0v) is 14.3. The van der Waals surface area contributed by atoms with E-state index in [2.05, 4.69) is 38.4 Å². The summed E-state index contributed by atoms with van der Waals surface area (Å²) < 4.78 is 1.01. The van der Waals surface area contributed by atoms with Crippen molar-refractivity contribution < 1.29 is 4.79 Å². The fourth-order valence-electron chi connectivity index (χ4n) is 1.89. The lowest BCUT2D eigenvalue weighted by Crippen LogP contribution is -2.28. The molecule has 0 saturated heterocycles. The monoisotopic (exact) mass is 362 g/mol. The largest absolute Gasteiger partial charge is 0.340 e. The fourth-order valence-corrected chi connectivity index (χ4v) is 2.15. The highest BCUT2D eigenvalue weighted by molar-refractivity contribution is 9.10. The maximum absolute atomic E-state index is 12.2. The van der Waals surface area contributed by atoms with E-state index in [9.17, 15) is 4.79 Å². The van der Waals surface area contributed by atoms with Crippen LogP contribution in [0.15, 0.2) is 40.9 Å². The molecule has 0 unspecified atom stereocenters. The van der Waals surface area contributed by atoms with Crippen molar-refractivity contribution in [2.75, 3.05) is 18.9 Å². The Morgan fingerprint density at radius 1 is 1.18 bits per heavy atom. The number of hydrogen-bond acceptors (Lipinski definition) is 4. The van der Waals surface area contributed by atoms with Crippen LogP contribution in [0.1, 0.15) is 30.3 Å². The molecule has 0 fully saturated rings. The summed E-state index contributed by atoms with van der Waals surface area (Å²) in [5, 5.41) is 11.2. The van der Waals surface area contributed by atoms with Gasteiger partial charge in [-0.3, -0.25) is 4.79 Å². The van der Waals surface area contributed by atoms with Gasteiger partial charge in [0.15, 0.2) is 11.5 Å². The van der Waals surface area contributed by atoms with Crippen LogP contribution in [-0.4, -0.2) is 34.6 Å². The molecule has 0 saturated carbocycles. The number of nitrogens with one attached hydrogen (secondary N) is 1. The van der Waals surface area contributed by atoms with Crippen molar-refractivity contribution in [3.05, 3.63) is 46.6 Å². The second-order valence-electron chi connectivity index (χ2n) is 5.02. The Hall–Kier alpha value is -1.95. The van der Waals surface area contributed by atoms with Crippen LogP contribution in [0.25, 0.3) is 0 Å². The predicted molar refractivity (Wildman–Crippen MR) is 91.3 cm³/mol. The van der Waals surface area contributed by atoms with Crippen LogP contribution in [-0.2, 0) is 0 Å². The van der Waals surface area contributed by atoms with Crippen molar-refractivity contribution in [2.45, 2.75) is 19.8 Å². The van der Waals surface area contributed by atoms with Crippen LogP contribution in [0, 0.1) is 0 Å². The summed E-state index contributed by atoms with van der Waals surface area (Å²) in [4.78, 5) is 13.8. The molecule has 1 N–H and O–H groups in total. The summed E-state index contributed by atoms with van der Waals surface area (Å²) in [7, 11) is 1.79. The van der Waals surface area contributed by atoms with Crippen LogP contribution >= 0.6 is 15.9 Å². The summed E-state index contributed by atoms with van der Waals surface area (Å²) >= 11 is 3.39. The van der Waals surface area contributed by atoms with Crippen molar-refractivity contribution in [2.24, 2.45) is 0 Å². The highest BCUT2D eigenvalue weighted by atomic mass is 79.9. The average Bonchev–Trinajstić information content (AvgIpc) is 2.55. The first-order valence-corrected chi connectivity index (χ1v) is 8.01. The lowest BCUT2D eigenvalue weighted by molar-refractivity contribution is 0.0786. The fraction of sp³-hybridized carbons (Fsp3) is 0.312. The van der Waals surface area contributed by atoms with E-state index in [1.165, 1.54) is 0 Å². The first-order chi connectivity index (χ1) is 10.6. The molecule has 0 aliphatic carbocycles. The van der Waals surface area contributed by atoms with Crippen LogP contribution < -0.4 is 5.32 Å². The SMILES string of the molecule is CCCCN(C)C(=O)c1ccc(Nc2ccc(Br)cc2)nn1. The summed E-state index contributed by atoms with van der Waals surface area (Å²) in [5.74, 6) is 0.506. The van der Waals surface area contributed by atoms with Crippen LogP contribution in [0.5, 0.6) is 0 Å². The maximum atomic E-state index is 12.2. The molecule has 0 radical (unpaired) electrons. The van der Waals surface area contributed by atoms with E-state index in [4.69, 9.17) is 0 Å². The van der Waals surface area contributed by atoms with Crippen molar-refractivity contribution in [1.82, 2.24) is 15.1 Å². The Kier molecular flexibility index (Phi) is 5.89. The van der Waals surface area contributed by atoms with E-state index < -0.39 is 0 Å². The topological polar surface area (TPSA) is 58.1 Å².